The molecule has 2 N–H and O–H groups in total. The van der Waals surface area contributed by atoms with Crippen molar-refractivity contribution >= 4 is 12.2 Å². The first kappa shape index (κ1) is 25.4. The van der Waals surface area contributed by atoms with E-state index in [-0.39, 0.29) is 18.4 Å². The second-order valence-corrected chi connectivity index (χ2v) is 7.03. The summed E-state index contributed by atoms with van der Waals surface area (Å²) in [4.78, 5) is 25.0. The van der Waals surface area contributed by atoms with Crippen LogP contribution < -0.4 is 5.73 Å². The number of carbonyl (C=O) groups is 2. The highest BCUT2D eigenvalue weighted by Crippen LogP contribution is 2.29. The van der Waals surface area contributed by atoms with Gasteiger partial charge in [-0.15, -0.1) is 0 Å². The van der Waals surface area contributed by atoms with Crippen molar-refractivity contribution in [2.24, 2.45) is 11.7 Å². The van der Waals surface area contributed by atoms with Crippen LogP contribution in [-0.4, -0.2) is 30.7 Å². The molecule has 6 heteroatoms. The first-order chi connectivity index (χ1) is 14.5. The highest BCUT2D eigenvalue weighted by molar-refractivity contribution is 5.81. The molecule has 0 bridgehead atoms. The Labute approximate surface area is 178 Å². The highest BCUT2D eigenvalue weighted by Gasteiger charge is 2.29. The minimum atomic E-state index is -0.682. The molecule has 164 valence electrons. The molecule has 3 rings (SSSR count). The molecule has 1 unspecified atom stereocenters. The third-order valence-corrected chi connectivity index (χ3v) is 5.01. The Morgan fingerprint density at radius 3 is 1.90 bits per heavy atom. The number of hydrogen-bond donors (Lipinski definition) is 1. The van der Waals surface area contributed by atoms with Crippen LogP contribution in [0.15, 0.2) is 54.6 Å². The zero-order valence-electron chi connectivity index (χ0n) is 17.8. The zero-order valence-corrected chi connectivity index (χ0v) is 17.8. The average Bonchev–Trinajstić information content (AvgIpc) is 2.79. The first-order valence-electron chi connectivity index (χ1n) is 10.3. The molecule has 0 radical (unpaired) electrons. The fourth-order valence-corrected chi connectivity index (χ4v) is 3.48. The number of halogens is 2. The number of rotatable bonds is 5. The van der Waals surface area contributed by atoms with Crippen molar-refractivity contribution in [3.8, 4) is 0 Å². The molecule has 0 saturated heterocycles. The molecule has 1 amide bonds. The van der Waals surface area contributed by atoms with Crippen molar-refractivity contribution in [1.29, 1.82) is 0 Å². The highest BCUT2D eigenvalue weighted by atomic mass is 19.1. The maximum absolute atomic E-state index is 13.4. The van der Waals surface area contributed by atoms with E-state index in [9.17, 15) is 18.4 Å². The third-order valence-electron chi connectivity index (χ3n) is 5.01. The zero-order chi connectivity index (χ0) is 22.4. The lowest BCUT2D eigenvalue weighted by Gasteiger charge is -2.32. The first-order valence-corrected chi connectivity index (χ1v) is 10.3. The Hall–Kier alpha value is -2.60. The van der Waals surface area contributed by atoms with E-state index in [0.717, 1.165) is 38.2 Å². The summed E-state index contributed by atoms with van der Waals surface area (Å²) < 4.78 is 26.8. The number of benzene rings is 2. The Balaban J connectivity index is 0.000000474. The van der Waals surface area contributed by atoms with Crippen molar-refractivity contribution in [2.45, 2.75) is 45.1 Å². The van der Waals surface area contributed by atoms with Gasteiger partial charge in [0.1, 0.15) is 17.9 Å². The van der Waals surface area contributed by atoms with E-state index in [0.29, 0.717) is 11.8 Å². The topological polar surface area (TPSA) is 63.4 Å². The van der Waals surface area contributed by atoms with Crippen molar-refractivity contribution in [3.05, 3.63) is 71.8 Å². The molecule has 0 spiro atoms. The molecular weight excluding hydrogens is 386 g/mol. The lowest BCUT2D eigenvalue weighted by molar-refractivity contribution is -0.140. The Morgan fingerprint density at radius 1 is 1.00 bits per heavy atom. The van der Waals surface area contributed by atoms with E-state index >= 15 is 0 Å². The number of nitrogens with zero attached hydrogens (tertiary/aromatic N) is 1. The second kappa shape index (κ2) is 14.4. The molecule has 1 fully saturated rings. The molecule has 2 aromatic rings. The van der Waals surface area contributed by atoms with Crippen LogP contribution in [0.25, 0.3) is 0 Å². The summed E-state index contributed by atoms with van der Waals surface area (Å²) in [6.07, 6.45) is 5.44. The normalized spacial score (nSPS) is 14.3. The standard InChI is InChI=1S/C17H21F2NO2.C6H6.CH5N/c1-12(14-9-15(18)11-16(19)10-14)20(7-8-21)17(22)13-5-3-2-4-6-13;1-2-4-6-5-3-1;1-2/h8-13H,2-7H2,1H3;1-6H;2H2,1H3. The maximum Gasteiger partial charge on any atom is 0.226 e. The molecule has 2 aromatic carbocycles. The van der Waals surface area contributed by atoms with Crippen LogP contribution in [-0.2, 0) is 9.59 Å². The van der Waals surface area contributed by atoms with Crippen LogP contribution in [0.1, 0.15) is 50.6 Å². The van der Waals surface area contributed by atoms with Gasteiger partial charge in [0.15, 0.2) is 0 Å². The van der Waals surface area contributed by atoms with Crippen molar-refractivity contribution < 1.29 is 18.4 Å². The van der Waals surface area contributed by atoms with Crippen LogP contribution in [0.3, 0.4) is 0 Å². The van der Waals surface area contributed by atoms with E-state index < -0.39 is 17.7 Å². The van der Waals surface area contributed by atoms with Gasteiger partial charge in [0.05, 0.1) is 12.6 Å². The summed E-state index contributed by atoms with van der Waals surface area (Å²) >= 11 is 0. The van der Waals surface area contributed by atoms with Gasteiger partial charge in [-0.25, -0.2) is 8.78 Å². The van der Waals surface area contributed by atoms with Gasteiger partial charge in [0.25, 0.3) is 0 Å². The van der Waals surface area contributed by atoms with Crippen molar-refractivity contribution in [3.63, 3.8) is 0 Å². The third kappa shape index (κ3) is 8.41. The number of amides is 1. The predicted molar refractivity (Wildman–Crippen MR) is 116 cm³/mol. The van der Waals surface area contributed by atoms with Crippen LogP contribution in [0, 0.1) is 17.6 Å². The quantitative estimate of drug-likeness (QED) is 0.703. The Bertz CT molecular complexity index is 703. The molecule has 0 aromatic heterocycles. The SMILES string of the molecule is CC(c1cc(F)cc(F)c1)N(CC=O)C(=O)C1CCCCC1.CN.c1ccccc1. The fraction of sp³-hybridized carbons (Fsp3) is 0.417. The monoisotopic (exact) mass is 418 g/mol. The largest absolute Gasteiger partial charge is 0.333 e. The molecular formula is C24H32F2N2O2. The second-order valence-electron chi connectivity index (χ2n) is 7.03. The van der Waals surface area contributed by atoms with E-state index in [4.69, 9.17) is 0 Å². The van der Waals surface area contributed by atoms with Gasteiger partial charge in [-0.3, -0.25) is 4.79 Å². The minimum Gasteiger partial charge on any atom is -0.333 e. The van der Waals surface area contributed by atoms with Gasteiger partial charge in [0, 0.05) is 12.0 Å². The van der Waals surface area contributed by atoms with Gasteiger partial charge in [0.2, 0.25) is 5.91 Å². The van der Waals surface area contributed by atoms with Gasteiger partial charge in [-0.2, -0.15) is 0 Å². The minimum absolute atomic E-state index is 0.0609. The summed E-state index contributed by atoms with van der Waals surface area (Å²) in [5.74, 6) is -1.55. The van der Waals surface area contributed by atoms with Crippen LogP contribution in [0.2, 0.25) is 0 Å². The number of carbonyl (C=O) groups excluding carboxylic acids is 2. The van der Waals surface area contributed by atoms with Crippen LogP contribution >= 0.6 is 0 Å². The summed E-state index contributed by atoms with van der Waals surface area (Å²) in [5.41, 5.74) is 4.86. The molecule has 1 aliphatic rings. The van der Waals surface area contributed by atoms with Gasteiger partial charge >= 0.3 is 0 Å². The molecule has 0 heterocycles. The van der Waals surface area contributed by atoms with Crippen LogP contribution in [0.5, 0.6) is 0 Å². The molecule has 1 saturated carbocycles. The summed E-state index contributed by atoms with van der Waals surface area (Å²) in [6.45, 7) is 1.63. The summed E-state index contributed by atoms with van der Waals surface area (Å²) in [5, 5.41) is 0. The number of nitrogens with two attached hydrogens (primary N) is 1. The molecule has 0 aliphatic heterocycles. The molecule has 4 nitrogen and oxygen atoms in total. The molecule has 1 atom stereocenters. The number of aldehydes is 1. The van der Waals surface area contributed by atoms with Crippen molar-refractivity contribution in [1.82, 2.24) is 4.90 Å². The average molecular weight is 419 g/mol. The van der Waals surface area contributed by atoms with E-state index in [1.807, 2.05) is 36.4 Å². The fourth-order valence-electron chi connectivity index (χ4n) is 3.48. The van der Waals surface area contributed by atoms with Gasteiger partial charge in [-0.1, -0.05) is 55.7 Å². The number of hydrogen-bond acceptors (Lipinski definition) is 3. The van der Waals surface area contributed by atoms with E-state index in [2.05, 4.69) is 5.73 Å². The lowest BCUT2D eigenvalue weighted by Crippen LogP contribution is -2.40. The molecule has 1 aliphatic carbocycles. The van der Waals surface area contributed by atoms with Gasteiger partial charge in [-0.05, 0) is 44.5 Å². The van der Waals surface area contributed by atoms with Crippen molar-refractivity contribution in [2.75, 3.05) is 13.6 Å². The van der Waals surface area contributed by atoms with Gasteiger partial charge < -0.3 is 15.4 Å². The smallest absolute Gasteiger partial charge is 0.226 e. The Morgan fingerprint density at radius 2 is 1.47 bits per heavy atom. The lowest BCUT2D eigenvalue weighted by atomic mass is 9.87. The molecule has 30 heavy (non-hydrogen) atoms. The summed E-state index contributed by atoms with van der Waals surface area (Å²) in [7, 11) is 1.50. The maximum atomic E-state index is 13.4. The van der Waals surface area contributed by atoms with E-state index in [1.165, 1.54) is 24.1 Å². The van der Waals surface area contributed by atoms with E-state index in [1.54, 1.807) is 6.92 Å². The van der Waals surface area contributed by atoms with Crippen LogP contribution in [0.4, 0.5) is 8.78 Å². The Kier molecular flexibility index (Phi) is 12.2. The summed E-state index contributed by atoms with van der Waals surface area (Å²) in [6, 6.07) is 14.7. The predicted octanol–water partition coefficient (Wildman–Crippen LogP) is 4.90.